The molecule has 1 aliphatic rings. The molecule has 1 saturated heterocycles. The van der Waals surface area contributed by atoms with E-state index in [0.717, 1.165) is 36.6 Å². The number of carbonyl (C=O) groups excluding carboxylic acids is 1. The Bertz CT molecular complexity index is 1080. The molecule has 0 unspecified atom stereocenters. The molecule has 3 aromatic rings. The zero-order valence-corrected chi connectivity index (χ0v) is 17.8. The number of ether oxygens (including phenoxy) is 1. The molecule has 32 heavy (non-hydrogen) atoms. The summed E-state index contributed by atoms with van der Waals surface area (Å²) in [6.45, 7) is 2.84. The Balaban J connectivity index is 1.53. The summed E-state index contributed by atoms with van der Waals surface area (Å²) < 4.78 is 49.5. The maximum absolute atomic E-state index is 13.2. The van der Waals surface area contributed by atoms with Crippen molar-refractivity contribution >= 4 is 28.4 Å². The molecule has 0 atom stereocenters. The number of halogens is 3. The summed E-state index contributed by atoms with van der Waals surface area (Å²) in [6, 6.07) is 4.06. The maximum atomic E-state index is 13.2. The molecule has 3 aromatic heterocycles. The number of alkyl halides is 3. The zero-order valence-electron chi connectivity index (χ0n) is 17.0. The van der Waals surface area contributed by atoms with Crippen LogP contribution in [0.1, 0.15) is 37.1 Å². The molecule has 1 amide bonds. The Hall–Kier alpha value is -3.28. The minimum absolute atomic E-state index is 0.0477. The molecule has 0 aromatic carbocycles. The number of amides is 1. The van der Waals surface area contributed by atoms with E-state index in [-0.39, 0.29) is 29.1 Å². The SMILES string of the molecule is CC(=O)N1CCC(c2nsc(Nc3ncc(C(F)(F)F)cc3Oc3cccnc3)n2)CC1. The van der Waals surface area contributed by atoms with E-state index in [4.69, 9.17) is 4.74 Å². The molecule has 4 heterocycles. The van der Waals surface area contributed by atoms with E-state index in [1.54, 1.807) is 24.0 Å². The van der Waals surface area contributed by atoms with Gasteiger partial charge in [0.15, 0.2) is 11.6 Å². The smallest absolute Gasteiger partial charge is 0.418 e. The van der Waals surface area contributed by atoms with Crippen LogP contribution in [-0.2, 0) is 11.0 Å². The molecule has 1 N–H and O–H groups in total. The summed E-state index contributed by atoms with van der Waals surface area (Å²) in [4.78, 5) is 25.6. The molecule has 12 heteroatoms. The van der Waals surface area contributed by atoms with Gasteiger partial charge in [0, 0.05) is 49.9 Å². The molecular formula is C20H19F3N6O2S. The second-order valence-electron chi connectivity index (χ2n) is 7.22. The highest BCUT2D eigenvalue weighted by Gasteiger charge is 2.32. The number of likely N-dealkylation sites (tertiary alicyclic amines) is 1. The van der Waals surface area contributed by atoms with Crippen LogP contribution in [0.4, 0.5) is 24.1 Å². The van der Waals surface area contributed by atoms with Gasteiger partial charge in [-0.2, -0.15) is 17.5 Å². The van der Waals surface area contributed by atoms with Gasteiger partial charge in [-0.1, -0.05) is 0 Å². The lowest BCUT2D eigenvalue weighted by molar-refractivity contribution is -0.138. The van der Waals surface area contributed by atoms with Gasteiger partial charge in [0.05, 0.1) is 11.8 Å². The number of nitrogens with zero attached hydrogens (tertiary/aromatic N) is 5. The number of pyridine rings is 2. The Labute approximate surface area is 185 Å². The number of anilines is 2. The van der Waals surface area contributed by atoms with Gasteiger partial charge >= 0.3 is 6.18 Å². The fourth-order valence-corrected chi connectivity index (χ4v) is 3.96. The molecule has 0 radical (unpaired) electrons. The maximum Gasteiger partial charge on any atom is 0.418 e. The Morgan fingerprint density at radius 2 is 2.06 bits per heavy atom. The standard InChI is InChI=1S/C20H19F3N6O2S/c1-12(30)29-7-4-13(5-8-29)17-26-19(32-28-17)27-18-16(31-15-3-2-6-24-11-15)9-14(10-25-18)20(21,22)23/h2-3,6,9-11,13H,4-5,7-8H2,1H3,(H,25,26,27,28). The fraction of sp³-hybridized carbons (Fsp3) is 0.350. The molecule has 0 spiro atoms. The number of hydrogen-bond donors (Lipinski definition) is 1. The Kier molecular flexibility index (Phi) is 6.21. The van der Waals surface area contributed by atoms with E-state index < -0.39 is 11.7 Å². The van der Waals surface area contributed by atoms with Gasteiger partial charge in [-0.15, -0.1) is 0 Å². The van der Waals surface area contributed by atoms with E-state index >= 15 is 0 Å². The zero-order chi connectivity index (χ0) is 22.7. The molecule has 168 valence electrons. The lowest BCUT2D eigenvalue weighted by Gasteiger charge is -2.29. The molecule has 0 bridgehead atoms. The predicted octanol–water partition coefficient (Wildman–Crippen LogP) is 4.61. The van der Waals surface area contributed by atoms with Crippen LogP contribution >= 0.6 is 11.5 Å². The third-order valence-electron chi connectivity index (χ3n) is 5.01. The van der Waals surface area contributed by atoms with Gasteiger partial charge in [-0.3, -0.25) is 9.78 Å². The quantitative estimate of drug-likeness (QED) is 0.589. The minimum Gasteiger partial charge on any atom is -0.452 e. The van der Waals surface area contributed by atoms with Crippen LogP contribution in [0.3, 0.4) is 0 Å². The third kappa shape index (κ3) is 5.13. The van der Waals surface area contributed by atoms with Gasteiger partial charge in [0.1, 0.15) is 11.6 Å². The average molecular weight is 464 g/mol. The highest BCUT2D eigenvalue weighted by molar-refractivity contribution is 7.09. The van der Waals surface area contributed by atoms with E-state index in [0.29, 0.717) is 24.0 Å². The molecule has 1 fully saturated rings. The van der Waals surface area contributed by atoms with Gasteiger partial charge in [0.2, 0.25) is 11.0 Å². The number of aromatic nitrogens is 4. The summed E-state index contributed by atoms with van der Waals surface area (Å²) in [5.74, 6) is 1.04. The molecule has 4 rings (SSSR count). The molecule has 0 aliphatic carbocycles. The number of hydrogen-bond acceptors (Lipinski definition) is 8. The lowest BCUT2D eigenvalue weighted by atomic mass is 9.96. The van der Waals surface area contributed by atoms with Crippen LogP contribution < -0.4 is 10.1 Å². The van der Waals surface area contributed by atoms with E-state index in [2.05, 4.69) is 24.6 Å². The topological polar surface area (TPSA) is 93.1 Å². The summed E-state index contributed by atoms with van der Waals surface area (Å²) >= 11 is 1.09. The summed E-state index contributed by atoms with van der Waals surface area (Å²) in [6.07, 6.45) is 0.592. The largest absolute Gasteiger partial charge is 0.452 e. The van der Waals surface area contributed by atoms with Crippen LogP contribution in [0.5, 0.6) is 11.5 Å². The minimum atomic E-state index is -4.57. The number of nitrogens with one attached hydrogen (secondary N) is 1. The van der Waals surface area contributed by atoms with Gasteiger partial charge in [-0.05, 0) is 31.0 Å². The third-order valence-corrected chi connectivity index (χ3v) is 5.66. The van der Waals surface area contributed by atoms with Crippen LogP contribution in [0.15, 0.2) is 36.8 Å². The van der Waals surface area contributed by atoms with Gasteiger partial charge < -0.3 is 15.0 Å². The van der Waals surface area contributed by atoms with Gasteiger partial charge in [-0.25, -0.2) is 9.97 Å². The van der Waals surface area contributed by atoms with Crippen LogP contribution in [0.2, 0.25) is 0 Å². The molecule has 1 aliphatic heterocycles. The van der Waals surface area contributed by atoms with Crippen molar-refractivity contribution < 1.29 is 22.7 Å². The number of rotatable bonds is 5. The first-order chi connectivity index (χ1) is 15.3. The molecule has 0 saturated carbocycles. The van der Waals surface area contributed by atoms with E-state index in [1.165, 1.54) is 12.4 Å². The monoisotopic (exact) mass is 464 g/mol. The van der Waals surface area contributed by atoms with Crippen molar-refractivity contribution in [2.45, 2.75) is 31.9 Å². The Morgan fingerprint density at radius 3 is 2.72 bits per heavy atom. The van der Waals surface area contributed by atoms with Crippen LogP contribution in [0, 0.1) is 0 Å². The molecular weight excluding hydrogens is 445 g/mol. The Morgan fingerprint density at radius 1 is 1.28 bits per heavy atom. The van der Waals surface area contributed by atoms with Crippen molar-refractivity contribution in [3.8, 4) is 11.5 Å². The summed E-state index contributed by atoms with van der Waals surface area (Å²) in [5.41, 5.74) is -0.933. The summed E-state index contributed by atoms with van der Waals surface area (Å²) in [7, 11) is 0. The number of piperidine rings is 1. The second kappa shape index (κ2) is 9.07. The van der Waals surface area contributed by atoms with Crippen molar-refractivity contribution in [1.29, 1.82) is 0 Å². The van der Waals surface area contributed by atoms with Crippen molar-refractivity contribution in [3.63, 3.8) is 0 Å². The van der Waals surface area contributed by atoms with Crippen molar-refractivity contribution in [2.75, 3.05) is 18.4 Å². The van der Waals surface area contributed by atoms with Crippen molar-refractivity contribution in [3.05, 3.63) is 48.2 Å². The number of carbonyl (C=O) groups is 1. The first-order valence-electron chi connectivity index (χ1n) is 9.81. The second-order valence-corrected chi connectivity index (χ2v) is 7.97. The van der Waals surface area contributed by atoms with Gasteiger partial charge in [0.25, 0.3) is 0 Å². The highest BCUT2D eigenvalue weighted by Crippen LogP contribution is 2.37. The van der Waals surface area contributed by atoms with Crippen LogP contribution in [-0.4, -0.2) is 43.2 Å². The fourth-order valence-electron chi connectivity index (χ4n) is 3.31. The molecule has 8 nitrogen and oxygen atoms in total. The first kappa shape index (κ1) is 21.9. The van der Waals surface area contributed by atoms with E-state index in [1.807, 2.05) is 0 Å². The predicted molar refractivity (Wildman–Crippen MR) is 111 cm³/mol. The van der Waals surface area contributed by atoms with E-state index in [9.17, 15) is 18.0 Å². The van der Waals surface area contributed by atoms with Crippen LogP contribution in [0.25, 0.3) is 0 Å². The lowest BCUT2D eigenvalue weighted by Crippen LogP contribution is -2.36. The van der Waals surface area contributed by atoms with Crippen molar-refractivity contribution in [2.24, 2.45) is 0 Å². The summed E-state index contributed by atoms with van der Waals surface area (Å²) in [5, 5.41) is 3.30. The highest BCUT2D eigenvalue weighted by atomic mass is 32.1. The first-order valence-corrected chi connectivity index (χ1v) is 10.6. The normalized spacial score (nSPS) is 14.9. The average Bonchev–Trinajstić information content (AvgIpc) is 3.23. The van der Waals surface area contributed by atoms with Crippen molar-refractivity contribution in [1.82, 2.24) is 24.2 Å².